The Hall–Kier alpha value is -1.24. The Morgan fingerprint density at radius 1 is 1.05 bits per heavy atom. The minimum atomic E-state index is -3.52. The lowest BCUT2D eigenvalue weighted by Crippen LogP contribution is -2.37. The molecule has 1 fully saturated rings. The third kappa shape index (κ3) is 3.02. The van der Waals surface area contributed by atoms with Gasteiger partial charge in [-0.05, 0) is 36.5 Å². The van der Waals surface area contributed by atoms with Crippen LogP contribution in [0.2, 0.25) is 0 Å². The second-order valence-corrected chi connectivity index (χ2v) is 8.11. The fraction of sp³-hybridized carbons (Fsp3) is 0.333. The fourth-order valence-electron chi connectivity index (χ4n) is 2.63. The van der Waals surface area contributed by atoms with E-state index >= 15 is 0 Å². The van der Waals surface area contributed by atoms with Gasteiger partial charge in [-0.25, -0.2) is 13.1 Å². The van der Waals surface area contributed by atoms with Gasteiger partial charge in [0.05, 0.1) is 4.90 Å². The molecule has 4 nitrogen and oxygen atoms in total. The van der Waals surface area contributed by atoms with Crippen molar-refractivity contribution in [3.63, 3.8) is 0 Å². The zero-order valence-corrected chi connectivity index (χ0v) is 13.2. The Kier molecular flexibility index (Phi) is 4.10. The van der Waals surface area contributed by atoms with E-state index in [2.05, 4.69) is 4.72 Å². The van der Waals surface area contributed by atoms with Crippen LogP contribution in [-0.2, 0) is 10.0 Å². The summed E-state index contributed by atoms with van der Waals surface area (Å²) in [7, 11) is -3.52. The maximum atomic E-state index is 12.7. The number of benzene rings is 2. The number of nitrogens with two attached hydrogens (primary N) is 1. The summed E-state index contributed by atoms with van der Waals surface area (Å²) in [5.74, 6) is 2.02. The van der Waals surface area contributed by atoms with Crippen LogP contribution in [-0.4, -0.2) is 26.0 Å². The zero-order valence-electron chi connectivity index (χ0n) is 11.6. The van der Waals surface area contributed by atoms with Crippen LogP contribution < -0.4 is 10.5 Å². The molecule has 1 heterocycles. The lowest BCUT2D eigenvalue weighted by atomic mass is 10.1. The van der Waals surface area contributed by atoms with Crippen molar-refractivity contribution in [1.29, 1.82) is 0 Å². The van der Waals surface area contributed by atoms with Crippen molar-refractivity contribution in [1.82, 2.24) is 4.72 Å². The molecule has 2 aromatic carbocycles. The molecule has 0 radical (unpaired) electrons. The molecule has 3 rings (SSSR count). The van der Waals surface area contributed by atoms with Crippen molar-refractivity contribution < 1.29 is 8.42 Å². The van der Waals surface area contributed by atoms with Gasteiger partial charge in [0.25, 0.3) is 0 Å². The number of nitrogen functional groups attached to an aromatic ring is 1. The molecule has 1 aliphatic heterocycles. The topological polar surface area (TPSA) is 72.2 Å². The van der Waals surface area contributed by atoms with Gasteiger partial charge in [-0.3, -0.25) is 0 Å². The van der Waals surface area contributed by atoms with Crippen LogP contribution in [0, 0.1) is 0 Å². The van der Waals surface area contributed by atoms with E-state index in [0.29, 0.717) is 16.0 Å². The van der Waals surface area contributed by atoms with E-state index < -0.39 is 10.0 Å². The van der Waals surface area contributed by atoms with E-state index in [1.807, 2.05) is 30.0 Å². The molecule has 21 heavy (non-hydrogen) atoms. The molecule has 0 aromatic heterocycles. The highest BCUT2D eigenvalue weighted by Crippen LogP contribution is 2.28. The predicted octanol–water partition coefficient (Wildman–Crippen LogP) is 2.60. The number of nitrogens with one attached hydrogen (secondary N) is 1. The third-order valence-corrected chi connectivity index (χ3v) is 6.38. The molecule has 0 saturated carbocycles. The van der Waals surface area contributed by atoms with Gasteiger partial charge in [0, 0.05) is 22.5 Å². The fourth-order valence-corrected chi connectivity index (χ4v) is 5.25. The number of thioether (sulfide) groups is 1. The first-order chi connectivity index (χ1) is 10.1. The molecule has 1 aliphatic rings. The van der Waals surface area contributed by atoms with Crippen molar-refractivity contribution >= 4 is 38.2 Å². The first kappa shape index (κ1) is 14.7. The van der Waals surface area contributed by atoms with Crippen molar-refractivity contribution in [3.05, 3.63) is 36.4 Å². The van der Waals surface area contributed by atoms with Crippen LogP contribution >= 0.6 is 11.8 Å². The van der Waals surface area contributed by atoms with E-state index in [-0.39, 0.29) is 6.04 Å². The van der Waals surface area contributed by atoms with Gasteiger partial charge < -0.3 is 5.73 Å². The highest BCUT2D eigenvalue weighted by Gasteiger charge is 2.23. The molecular weight excluding hydrogens is 304 g/mol. The van der Waals surface area contributed by atoms with E-state index in [9.17, 15) is 8.42 Å². The quantitative estimate of drug-likeness (QED) is 0.852. The average Bonchev–Trinajstić information content (AvgIpc) is 2.48. The van der Waals surface area contributed by atoms with Gasteiger partial charge in [0.2, 0.25) is 10.0 Å². The van der Waals surface area contributed by atoms with Crippen molar-refractivity contribution in [2.24, 2.45) is 0 Å². The second-order valence-electron chi connectivity index (χ2n) is 5.21. The summed E-state index contributed by atoms with van der Waals surface area (Å²) in [5, 5.41) is 1.45. The molecule has 0 unspecified atom stereocenters. The van der Waals surface area contributed by atoms with E-state index in [0.717, 1.165) is 29.7 Å². The van der Waals surface area contributed by atoms with Gasteiger partial charge in [-0.15, -0.1) is 0 Å². The number of anilines is 1. The number of hydrogen-bond acceptors (Lipinski definition) is 4. The lowest BCUT2D eigenvalue weighted by Gasteiger charge is -2.22. The molecule has 0 atom stereocenters. The monoisotopic (exact) mass is 322 g/mol. The molecule has 0 amide bonds. The van der Waals surface area contributed by atoms with Crippen molar-refractivity contribution in [2.45, 2.75) is 23.8 Å². The number of rotatable bonds is 3. The van der Waals surface area contributed by atoms with Crippen LogP contribution in [0.15, 0.2) is 41.3 Å². The average molecular weight is 322 g/mol. The molecule has 6 heteroatoms. The van der Waals surface area contributed by atoms with Crippen LogP contribution in [0.5, 0.6) is 0 Å². The maximum absolute atomic E-state index is 12.7. The minimum absolute atomic E-state index is 0.0348. The molecular formula is C15H18N2O2S2. The van der Waals surface area contributed by atoms with Crippen molar-refractivity contribution in [2.75, 3.05) is 17.2 Å². The minimum Gasteiger partial charge on any atom is -0.398 e. The van der Waals surface area contributed by atoms with Gasteiger partial charge in [-0.2, -0.15) is 11.8 Å². The van der Waals surface area contributed by atoms with Crippen LogP contribution in [0.1, 0.15) is 12.8 Å². The Bertz CT molecular complexity index is 753. The maximum Gasteiger partial charge on any atom is 0.241 e. The highest BCUT2D eigenvalue weighted by atomic mass is 32.2. The van der Waals surface area contributed by atoms with E-state index in [4.69, 9.17) is 5.73 Å². The van der Waals surface area contributed by atoms with Crippen molar-refractivity contribution in [3.8, 4) is 0 Å². The predicted molar refractivity (Wildman–Crippen MR) is 89.0 cm³/mol. The Labute approximate surface area is 129 Å². The largest absolute Gasteiger partial charge is 0.398 e. The molecule has 1 saturated heterocycles. The summed E-state index contributed by atoms with van der Waals surface area (Å²) in [4.78, 5) is 0.311. The van der Waals surface area contributed by atoms with Gasteiger partial charge in [0.15, 0.2) is 0 Å². The first-order valence-corrected chi connectivity index (χ1v) is 9.59. The van der Waals surface area contributed by atoms with Crippen LogP contribution in [0.3, 0.4) is 0 Å². The second kappa shape index (κ2) is 5.87. The summed E-state index contributed by atoms with van der Waals surface area (Å²) in [5.41, 5.74) is 6.53. The third-order valence-electron chi connectivity index (χ3n) is 3.75. The highest BCUT2D eigenvalue weighted by molar-refractivity contribution is 7.99. The van der Waals surface area contributed by atoms with Gasteiger partial charge >= 0.3 is 0 Å². The summed E-state index contributed by atoms with van der Waals surface area (Å²) >= 11 is 1.87. The number of fused-ring (bicyclic) bond motifs is 1. The van der Waals surface area contributed by atoms with Gasteiger partial charge in [-0.1, -0.05) is 24.3 Å². The van der Waals surface area contributed by atoms with Crippen LogP contribution in [0.25, 0.3) is 10.8 Å². The Morgan fingerprint density at radius 2 is 1.71 bits per heavy atom. The van der Waals surface area contributed by atoms with E-state index in [1.54, 1.807) is 18.2 Å². The molecule has 3 N–H and O–H groups in total. The molecule has 2 aromatic rings. The molecule has 0 bridgehead atoms. The van der Waals surface area contributed by atoms with Crippen LogP contribution in [0.4, 0.5) is 5.69 Å². The molecule has 0 aliphatic carbocycles. The number of hydrogen-bond donors (Lipinski definition) is 2. The number of sulfonamides is 1. The zero-order chi connectivity index (χ0) is 14.9. The summed E-state index contributed by atoms with van der Waals surface area (Å²) in [6, 6.07) is 10.6. The Balaban J connectivity index is 2.00. The Morgan fingerprint density at radius 3 is 2.43 bits per heavy atom. The first-order valence-electron chi connectivity index (χ1n) is 6.95. The molecule has 0 spiro atoms. The SMILES string of the molecule is Nc1ccc(S(=O)(=O)NC2CCSCC2)c2ccccc12. The summed E-state index contributed by atoms with van der Waals surface area (Å²) in [6.07, 6.45) is 1.77. The van der Waals surface area contributed by atoms with E-state index in [1.165, 1.54) is 0 Å². The standard InChI is InChI=1S/C15H18N2O2S2/c16-14-5-6-15(13-4-2-1-3-12(13)14)21(18,19)17-11-7-9-20-10-8-11/h1-6,11,17H,7-10,16H2. The molecule has 112 valence electrons. The lowest BCUT2D eigenvalue weighted by molar-refractivity contribution is 0.529. The summed E-state index contributed by atoms with van der Waals surface area (Å²) < 4.78 is 28.2. The van der Waals surface area contributed by atoms with Gasteiger partial charge in [0.1, 0.15) is 0 Å². The summed E-state index contributed by atoms with van der Waals surface area (Å²) in [6.45, 7) is 0. The normalized spacial score (nSPS) is 17.1. The smallest absolute Gasteiger partial charge is 0.241 e.